The van der Waals surface area contributed by atoms with Crippen LogP contribution in [0.4, 0.5) is 0 Å². The smallest absolute Gasteiger partial charge is 0.245 e. The van der Waals surface area contributed by atoms with E-state index in [2.05, 4.69) is 27.0 Å². The molecule has 1 N–H and O–H groups in total. The third-order valence-corrected chi connectivity index (χ3v) is 3.27. The topological polar surface area (TPSA) is 56.1 Å². The predicted molar refractivity (Wildman–Crippen MR) is 81.1 cm³/mol. The van der Waals surface area contributed by atoms with E-state index in [4.69, 9.17) is 4.74 Å². The van der Waals surface area contributed by atoms with Crippen LogP contribution in [0, 0.1) is 6.92 Å². The van der Waals surface area contributed by atoms with Gasteiger partial charge >= 0.3 is 0 Å². The number of aryl methyl sites for hydroxylation is 1. The first kappa shape index (κ1) is 15.3. The van der Waals surface area contributed by atoms with Gasteiger partial charge in [0, 0.05) is 38.5 Å². The molecule has 0 radical (unpaired) electrons. The number of imidazole rings is 1. The molecule has 0 saturated heterocycles. The van der Waals surface area contributed by atoms with E-state index in [1.165, 1.54) is 12.7 Å². The summed E-state index contributed by atoms with van der Waals surface area (Å²) in [6.07, 6.45) is 2.57. The third-order valence-electron chi connectivity index (χ3n) is 3.27. The van der Waals surface area contributed by atoms with Crippen LogP contribution in [0.25, 0.3) is 0 Å². The number of aromatic nitrogens is 2. The molecule has 1 aromatic heterocycles. The van der Waals surface area contributed by atoms with Gasteiger partial charge in [-0.3, -0.25) is 4.79 Å². The summed E-state index contributed by atoms with van der Waals surface area (Å²) in [5.74, 6) is 0.879. The second-order valence-corrected chi connectivity index (χ2v) is 4.92. The number of hydrogen-bond donors (Lipinski definition) is 1. The van der Waals surface area contributed by atoms with E-state index in [-0.39, 0.29) is 12.5 Å². The van der Waals surface area contributed by atoms with Crippen LogP contribution in [-0.4, -0.2) is 35.7 Å². The summed E-state index contributed by atoms with van der Waals surface area (Å²) in [6, 6.07) is 10.3. The van der Waals surface area contributed by atoms with Gasteiger partial charge in [-0.2, -0.15) is 0 Å². The fourth-order valence-corrected chi connectivity index (χ4v) is 2.19. The van der Waals surface area contributed by atoms with Crippen LogP contribution in [0.3, 0.4) is 0 Å². The molecular formula is C16H21N3O2. The van der Waals surface area contributed by atoms with Gasteiger partial charge in [0.2, 0.25) is 5.91 Å². The minimum Gasteiger partial charge on any atom is -0.375 e. The maximum absolute atomic E-state index is 11.4. The van der Waals surface area contributed by atoms with Crippen molar-refractivity contribution < 1.29 is 9.53 Å². The van der Waals surface area contributed by atoms with Gasteiger partial charge in [-0.05, 0) is 12.5 Å². The number of nitrogens with zero attached hydrogens (tertiary/aromatic N) is 2. The quantitative estimate of drug-likeness (QED) is 0.840. The molecule has 1 heterocycles. The van der Waals surface area contributed by atoms with Crippen LogP contribution >= 0.6 is 0 Å². The number of carbonyl (C=O) groups excluding carboxylic acids is 1. The van der Waals surface area contributed by atoms with E-state index < -0.39 is 0 Å². The highest BCUT2D eigenvalue weighted by atomic mass is 16.5. The Morgan fingerprint density at radius 3 is 2.81 bits per heavy atom. The Bertz CT molecular complexity index is 578. The van der Waals surface area contributed by atoms with Crippen molar-refractivity contribution in [1.82, 2.24) is 14.9 Å². The van der Waals surface area contributed by atoms with Gasteiger partial charge in [-0.15, -0.1) is 0 Å². The summed E-state index contributed by atoms with van der Waals surface area (Å²) in [5, 5.41) is 2.82. The van der Waals surface area contributed by atoms with E-state index >= 15 is 0 Å². The van der Waals surface area contributed by atoms with Crippen molar-refractivity contribution in [3.63, 3.8) is 0 Å². The number of nitrogens with one attached hydrogen (secondary N) is 1. The van der Waals surface area contributed by atoms with Gasteiger partial charge in [0.1, 0.15) is 12.4 Å². The average Bonchev–Trinajstić information content (AvgIpc) is 2.82. The van der Waals surface area contributed by atoms with Crippen LogP contribution in [-0.2, 0) is 22.5 Å². The van der Waals surface area contributed by atoms with Crippen LogP contribution in [0.15, 0.2) is 36.5 Å². The Morgan fingerprint density at radius 2 is 2.10 bits per heavy atom. The number of carbonyl (C=O) groups is 1. The van der Waals surface area contributed by atoms with Crippen molar-refractivity contribution in [3.8, 4) is 0 Å². The lowest BCUT2D eigenvalue weighted by Crippen LogP contribution is -2.29. The van der Waals surface area contributed by atoms with Crippen molar-refractivity contribution in [2.45, 2.75) is 19.9 Å². The molecule has 1 amide bonds. The normalized spacial score (nSPS) is 10.6. The SMILES string of the molecule is COCC(=O)NCCc1ncc(C)n1Cc1ccccc1. The van der Waals surface area contributed by atoms with Crippen LogP contribution in [0.5, 0.6) is 0 Å². The van der Waals surface area contributed by atoms with E-state index in [1.54, 1.807) is 0 Å². The standard InChI is InChI=1S/C16H21N3O2/c1-13-10-18-15(8-9-17-16(20)12-21-2)19(13)11-14-6-4-3-5-7-14/h3-7,10H,8-9,11-12H2,1-2H3,(H,17,20). The largest absolute Gasteiger partial charge is 0.375 e. The second-order valence-electron chi connectivity index (χ2n) is 4.92. The van der Waals surface area contributed by atoms with Gasteiger partial charge in [0.05, 0.1) is 0 Å². The van der Waals surface area contributed by atoms with Crippen molar-refractivity contribution >= 4 is 5.91 Å². The molecule has 0 saturated carbocycles. The zero-order valence-corrected chi connectivity index (χ0v) is 12.5. The lowest BCUT2D eigenvalue weighted by Gasteiger charge is -2.11. The van der Waals surface area contributed by atoms with Gasteiger partial charge in [0.15, 0.2) is 0 Å². The van der Waals surface area contributed by atoms with Crippen molar-refractivity contribution in [1.29, 1.82) is 0 Å². The van der Waals surface area contributed by atoms with Crippen LogP contribution < -0.4 is 5.32 Å². The monoisotopic (exact) mass is 287 g/mol. The lowest BCUT2D eigenvalue weighted by atomic mass is 10.2. The fourth-order valence-electron chi connectivity index (χ4n) is 2.19. The highest BCUT2D eigenvalue weighted by Gasteiger charge is 2.08. The molecular weight excluding hydrogens is 266 g/mol. The minimum atomic E-state index is -0.101. The average molecular weight is 287 g/mol. The number of rotatable bonds is 7. The van der Waals surface area contributed by atoms with E-state index in [1.807, 2.05) is 31.3 Å². The summed E-state index contributed by atoms with van der Waals surface area (Å²) >= 11 is 0. The zero-order valence-electron chi connectivity index (χ0n) is 12.5. The van der Waals surface area contributed by atoms with Gasteiger partial charge in [-0.25, -0.2) is 4.98 Å². The summed E-state index contributed by atoms with van der Waals surface area (Å²) < 4.78 is 6.96. The lowest BCUT2D eigenvalue weighted by molar-refractivity contribution is -0.124. The second kappa shape index (κ2) is 7.59. The Hall–Kier alpha value is -2.14. The van der Waals surface area contributed by atoms with Crippen LogP contribution in [0.2, 0.25) is 0 Å². The number of methoxy groups -OCH3 is 1. The van der Waals surface area contributed by atoms with Crippen molar-refractivity contribution in [3.05, 3.63) is 53.6 Å². The van der Waals surface area contributed by atoms with Gasteiger partial charge in [0.25, 0.3) is 0 Å². The molecule has 0 aliphatic carbocycles. The van der Waals surface area contributed by atoms with E-state index in [9.17, 15) is 4.79 Å². The maximum atomic E-state index is 11.4. The van der Waals surface area contributed by atoms with Gasteiger partial charge in [-0.1, -0.05) is 30.3 Å². The first-order valence-electron chi connectivity index (χ1n) is 7.01. The highest BCUT2D eigenvalue weighted by Crippen LogP contribution is 2.09. The Labute approximate surface area is 125 Å². The Morgan fingerprint density at radius 1 is 1.33 bits per heavy atom. The number of benzene rings is 1. The zero-order chi connectivity index (χ0) is 15.1. The molecule has 0 aliphatic rings. The molecule has 2 rings (SSSR count). The summed E-state index contributed by atoms with van der Waals surface area (Å²) in [4.78, 5) is 15.8. The molecule has 0 aliphatic heterocycles. The van der Waals surface area contributed by atoms with E-state index in [0.717, 1.165) is 18.1 Å². The first-order valence-corrected chi connectivity index (χ1v) is 7.01. The van der Waals surface area contributed by atoms with E-state index in [0.29, 0.717) is 13.0 Å². The first-order chi connectivity index (χ1) is 10.2. The Kier molecular flexibility index (Phi) is 5.51. The van der Waals surface area contributed by atoms with Gasteiger partial charge < -0.3 is 14.6 Å². The highest BCUT2D eigenvalue weighted by molar-refractivity contribution is 5.77. The van der Waals surface area contributed by atoms with Crippen molar-refractivity contribution in [2.24, 2.45) is 0 Å². The maximum Gasteiger partial charge on any atom is 0.245 e. The molecule has 0 fully saturated rings. The minimum absolute atomic E-state index is 0.0947. The molecule has 0 unspecified atom stereocenters. The number of ether oxygens (including phenoxy) is 1. The molecule has 0 bridgehead atoms. The fraction of sp³-hybridized carbons (Fsp3) is 0.375. The van der Waals surface area contributed by atoms with Crippen LogP contribution in [0.1, 0.15) is 17.1 Å². The third kappa shape index (κ3) is 4.43. The summed E-state index contributed by atoms with van der Waals surface area (Å²) in [6.45, 7) is 3.50. The number of hydrogen-bond acceptors (Lipinski definition) is 3. The summed E-state index contributed by atoms with van der Waals surface area (Å²) in [5.41, 5.74) is 2.36. The number of amides is 1. The molecule has 0 spiro atoms. The summed E-state index contributed by atoms with van der Waals surface area (Å²) in [7, 11) is 1.51. The predicted octanol–water partition coefficient (Wildman–Crippen LogP) is 1.54. The molecule has 5 nitrogen and oxygen atoms in total. The molecule has 2 aromatic rings. The molecule has 112 valence electrons. The molecule has 0 atom stereocenters. The molecule has 5 heteroatoms. The van der Waals surface area contributed by atoms with Crippen molar-refractivity contribution in [2.75, 3.05) is 20.3 Å². The molecule has 1 aromatic carbocycles. The Balaban J connectivity index is 1.96. The molecule has 21 heavy (non-hydrogen) atoms.